The van der Waals surface area contributed by atoms with Gasteiger partial charge in [-0.05, 0) is 59.6 Å². The number of fused-ring (bicyclic) bond motifs is 1. The highest BCUT2D eigenvalue weighted by molar-refractivity contribution is 5.93. The quantitative estimate of drug-likeness (QED) is 0.386. The molecule has 0 radical (unpaired) electrons. The van der Waals surface area contributed by atoms with Gasteiger partial charge in [-0.1, -0.05) is 72.3 Å². The minimum Gasteiger partial charge on any atom is -0.469 e. The molecule has 0 saturated heterocycles. The number of benzene rings is 2. The van der Waals surface area contributed by atoms with Gasteiger partial charge in [0.25, 0.3) is 0 Å². The average Bonchev–Trinajstić information content (AvgIpc) is 3.67. The second-order valence-electron chi connectivity index (χ2n) is 12.4. The number of methoxy groups -OCH3 is 3. The Labute approximate surface area is 229 Å². The van der Waals surface area contributed by atoms with Crippen LogP contribution in [0.4, 0.5) is 0 Å². The van der Waals surface area contributed by atoms with Crippen LogP contribution in [0, 0.1) is 40.4 Å². The fraction of sp³-hybridized carbons (Fsp3) is 0.471. The topological polar surface area (TPSA) is 61.8 Å². The smallest absolute Gasteiger partial charge is 0.333 e. The molecule has 8 bridgehead atoms. The zero-order valence-electron chi connectivity index (χ0n) is 22.6. The number of esters is 2. The van der Waals surface area contributed by atoms with E-state index in [2.05, 4.69) is 54.6 Å². The summed E-state index contributed by atoms with van der Waals surface area (Å²) in [6.45, 7) is 0. The zero-order valence-corrected chi connectivity index (χ0v) is 22.6. The Balaban J connectivity index is 1.48. The molecule has 4 fully saturated rings. The second-order valence-corrected chi connectivity index (χ2v) is 12.4. The van der Waals surface area contributed by atoms with E-state index < -0.39 is 5.41 Å². The van der Waals surface area contributed by atoms with E-state index in [1.807, 2.05) is 19.2 Å². The van der Waals surface area contributed by atoms with Crippen molar-refractivity contribution >= 4 is 11.9 Å². The molecule has 8 aliphatic rings. The molecule has 10 atom stereocenters. The van der Waals surface area contributed by atoms with Crippen LogP contribution in [0.1, 0.15) is 42.2 Å². The van der Waals surface area contributed by atoms with Crippen molar-refractivity contribution in [3.63, 3.8) is 0 Å². The number of rotatable bonds is 5. The second kappa shape index (κ2) is 7.94. The summed E-state index contributed by atoms with van der Waals surface area (Å²) in [7, 11) is 4.85. The van der Waals surface area contributed by atoms with E-state index in [4.69, 9.17) is 14.2 Å². The van der Waals surface area contributed by atoms with Crippen LogP contribution in [0.25, 0.3) is 0 Å². The number of hydrogen-bond acceptors (Lipinski definition) is 5. The van der Waals surface area contributed by atoms with Crippen LogP contribution in [-0.4, -0.2) is 39.4 Å². The van der Waals surface area contributed by atoms with Crippen LogP contribution in [0.5, 0.6) is 0 Å². The summed E-state index contributed by atoms with van der Waals surface area (Å²) in [5.41, 5.74) is 5.25. The molecule has 4 saturated carbocycles. The maximum absolute atomic E-state index is 14.2. The third-order valence-electron chi connectivity index (χ3n) is 11.7. The van der Waals surface area contributed by atoms with Crippen LogP contribution in [-0.2, 0) is 23.8 Å². The molecule has 4 unspecified atom stereocenters. The molecular weight excluding hydrogens is 488 g/mol. The Morgan fingerprint density at radius 1 is 0.821 bits per heavy atom. The maximum atomic E-state index is 14.2. The van der Waals surface area contributed by atoms with Crippen LogP contribution >= 0.6 is 0 Å². The van der Waals surface area contributed by atoms with Crippen LogP contribution in [0.3, 0.4) is 0 Å². The van der Waals surface area contributed by atoms with Crippen molar-refractivity contribution in [3.05, 3.63) is 94.6 Å². The molecule has 200 valence electrons. The molecule has 1 spiro atoms. The molecule has 5 nitrogen and oxygen atoms in total. The summed E-state index contributed by atoms with van der Waals surface area (Å²) in [6, 6.07) is 21.2. The highest BCUT2D eigenvalue weighted by atomic mass is 16.5. The molecule has 39 heavy (non-hydrogen) atoms. The van der Waals surface area contributed by atoms with E-state index in [9.17, 15) is 9.59 Å². The van der Waals surface area contributed by atoms with Crippen LogP contribution in [0.15, 0.2) is 83.5 Å². The first-order valence-electron chi connectivity index (χ1n) is 14.3. The molecule has 0 aromatic heterocycles. The molecule has 2 aromatic rings. The summed E-state index contributed by atoms with van der Waals surface area (Å²) in [6.07, 6.45) is 5.22. The lowest BCUT2D eigenvalue weighted by Gasteiger charge is -2.61. The van der Waals surface area contributed by atoms with E-state index in [1.165, 1.54) is 36.5 Å². The predicted octanol–water partition coefficient (Wildman–Crippen LogP) is 5.44. The Hall–Kier alpha value is -3.18. The molecule has 8 aliphatic carbocycles. The SMILES string of the molecule is COC(=O)C1=C[C@@H](c2ccccc2)[C@]23CCCC4=C2C2C1[C@H]1C3[C@@]1(C(=O)OC)C2[C@H](c1ccccc1)[C@H]4OC. The minimum absolute atomic E-state index is 0.00105. The summed E-state index contributed by atoms with van der Waals surface area (Å²) >= 11 is 0. The van der Waals surface area contributed by atoms with Gasteiger partial charge in [-0.25, -0.2) is 4.79 Å². The predicted molar refractivity (Wildman–Crippen MR) is 144 cm³/mol. The first-order valence-corrected chi connectivity index (χ1v) is 14.3. The number of carbonyl (C=O) groups is 2. The molecule has 0 heterocycles. The largest absolute Gasteiger partial charge is 0.469 e. The van der Waals surface area contributed by atoms with Gasteiger partial charge in [0.05, 0.1) is 25.7 Å². The van der Waals surface area contributed by atoms with Gasteiger partial charge in [0.2, 0.25) is 0 Å². The monoisotopic (exact) mass is 522 g/mol. The van der Waals surface area contributed by atoms with E-state index in [0.29, 0.717) is 0 Å². The first kappa shape index (κ1) is 23.7. The number of carbonyl (C=O) groups excluding carboxylic acids is 2. The summed E-state index contributed by atoms with van der Waals surface area (Å²) in [4.78, 5) is 27.8. The van der Waals surface area contributed by atoms with Gasteiger partial charge in [0.1, 0.15) is 0 Å². The summed E-state index contributed by atoms with van der Waals surface area (Å²) < 4.78 is 17.6. The Morgan fingerprint density at radius 3 is 2.15 bits per heavy atom. The highest BCUT2D eigenvalue weighted by Crippen LogP contribution is 2.93. The van der Waals surface area contributed by atoms with Gasteiger partial charge in [-0.15, -0.1) is 0 Å². The van der Waals surface area contributed by atoms with Gasteiger partial charge in [-0.2, -0.15) is 0 Å². The zero-order chi connectivity index (χ0) is 26.7. The summed E-state index contributed by atoms with van der Waals surface area (Å²) in [5, 5.41) is 0. The molecule has 10 rings (SSSR count). The van der Waals surface area contributed by atoms with Crippen molar-refractivity contribution in [2.45, 2.75) is 37.2 Å². The number of ether oxygens (including phenoxy) is 3. The standard InChI is InChI=1S/C34H34O5/c1-37-29-20-15-10-16-33-22(18-11-6-4-7-12-18)17-21(31(35)38-2)24-25(26(20)33)27(23(29)19-13-8-5-9-14-19)34(32(36)39-3)28(24)30(33)34/h4-9,11-14,17,22-25,27-30H,10,15-16H2,1-3H3/t22-,23-,24?,25?,27?,28-,29-,30?,33+,34+/m0/s1. The van der Waals surface area contributed by atoms with Crippen molar-refractivity contribution in [1.29, 1.82) is 0 Å². The molecule has 0 N–H and O–H groups in total. The lowest BCUT2D eigenvalue weighted by molar-refractivity contribution is -0.155. The summed E-state index contributed by atoms with van der Waals surface area (Å²) in [5.74, 6) is -0.0430. The van der Waals surface area contributed by atoms with Gasteiger partial charge < -0.3 is 14.2 Å². The van der Waals surface area contributed by atoms with Crippen molar-refractivity contribution in [1.82, 2.24) is 0 Å². The van der Waals surface area contributed by atoms with Crippen molar-refractivity contribution in [2.24, 2.45) is 40.4 Å². The lowest BCUT2D eigenvalue weighted by Crippen LogP contribution is -2.57. The van der Waals surface area contributed by atoms with Crippen molar-refractivity contribution in [2.75, 3.05) is 21.3 Å². The van der Waals surface area contributed by atoms with Gasteiger partial charge in [0.15, 0.2) is 0 Å². The first-order chi connectivity index (χ1) is 19.1. The Bertz CT molecular complexity index is 1440. The van der Waals surface area contributed by atoms with E-state index in [0.717, 1.165) is 24.8 Å². The van der Waals surface area contributed by atoms with E-state index in [1.54, 1.807) is 0 Å². The molecule has 0 aliphatic heterocycles. The van der Waals surface area contributed by atoms with E-state index in [-0.39, 0.29) is 64.9 Å². The van der Waals surface area contributed by atoms with Crippen molar-refractivity contribution < 1.29 is 23.8 Å². The fourth-order valence-electron chi connectivity index (χ4n) is 11.1. The van der Waals surface area contributed by atoms with Gasteiger partial charge in [0, 0.05) is 35.9 Å². The van der Waals surface area contributed by atoms with Gasteiger partial charge in [-0.3, -0.25) is 4.79 Å². The van der Waals surface area contributed by atoms with E-state index >= 15 is 0 Å². The third-order valence-corrected chi connectivity index (χ3v) is 11.7. The van der Waals surface area contributed by atoms with Crippen molar-refractivity contribution in [3.8, 4) is 0 Å². The molecular formula is C34H34O5. The molecule has 0 amide bonds. The van der Waals surface area contributed by atoms with Crippen LogP contribution in [0.2, 0.25) is 0 Å². The Morgan fingerprint density at radius 2 is 1.51 bits per heavy atom. The third kappa shape index (κ3) is 2.53. The Kier molecular flexibility index (Phi) is 4.82. The fourth-order valence-corrected chi connectivity index (χ4v) is 11.1. The molecule has 5 heteroatoms. The highest BCUT2D eigenvalue weighted by Gasteiger charge is 2.93. The van der Waals surface area contributed by atoms with Crippen LogP contribution < -0.4 is 0 Å². The maximum Gasteiger partial charge on any atom is 0.333 e. The minimum atomic E-state index is -0.631. The molecule has 2 aromatic carbocycles. The number of hydrogen-bond donors (Lipinski definition) is 0. The lowest BCUT2D eigenvalue weighted by atomic mass is 9.42. The average molecular weight is 523 g/mol. The number of allylic oxidation sites excluding steroid dienone is 2. The van der Waals surface area contributed by atoms with Gasteiger partial charge >= 0.3 is 11.9 Å². The normalized spacial score (nSPS) is 42.0.